The van der Waals surface area contributed by atoms with E-state index in [1.165, 1.54) is 24.1 Å². The molecule has 3 nitrogen and oxygen atoms in total. The summed E-state index contributed by atoms with van der Waals surface area (Å²) in [5.74, 6) is 0.0345. The molecule has 4 rings (SSSR count). The minimum atomic E-state index is 0.0345. The highest BCUT2D eigenvalue weighted by Gasteiger charge is 2.19. The number of carbonyl (C=O) groups is 1. The third-order valence-electron chi connectivity index (χ3n) is 5.64. The van der Waals surface area contributed by atoms with E-state index in [0.29, 0.717) is 10.6 Å². The zero-order valence-electron chi connectivity index (χ0n) is 16.4. The van der Waals surface area contributed by atoms with Crippen molar-refractivity contribution in [2.45, 2.75) is 26.2 Å². The molecule has 0 spiro atoms. The van der Waals surface area contributed by atoms with Crippen LogP contribution in [0.5, 0.6) is 0 Å². The van der Waals surface area contributed by atoms with Crippen molar-refractivity contribution in [3.8, 4) is 0 Å². The number of aryl methyl sites for hydroxylation is 1. The lowest BCUT2D eigenvalue weighted by molar-refractivity contribution is 0.103. The highest BCUT2D eigenvalue weighted by atomic mass is 35.5. The molecule has 4 heteroatoms. The van der Waals surface area contributed by atoms with Gasteiger partial charge in [0.05, 0.1) is 5.69 Å². The molecule has 2 aromatic carbocycles. The van der Waals surface area contributed by atoms with Crippen molar-refractivity contribution in [3.63, 3.8) is 0 Å². The second-order valence-electron chi connectivity index (χ2n) is 7.60. The van der Waals surface area contributed by atoms with E-state index in [-0.39, 0.29) is 5.78 Å². The summed E-state index contributed by atoms with van der Waals surface area (Å²) in [6, 6.07) is 18.1. The van der Waals surface area contributed by atoms with Gasteiger partial charge < -0.3 is 9.47 Å². The fraction of sp³-hybridized carbons (Fsp3) is 0.292. The molecular formula is C24H25ClN2O. The zero-order valence-corrected chi connectivity index (χ0v) is 17.2. The van der Waals surface area contributed by atoms with E-state index in [2.05, 4.69) is 35.2 Å². The Morgan fingerprint density at radius 3 is 2.29 bits per heavy atom. The van der Waals surface area contributed by atoms with E-state index >= 15 is 0 Å². The maximum Gasteiger partial charge on any atom is 0.209 e. The molecule has 0 aliphatic carbocycles. The smallest absolute Gasteiger partial charge is 0.209 e. The van der Waals surface area contributed by atoms with Crippen molar-refractivity contribution in [1.29, 1.82) is 0 Å². The molecule has 0 bridgehead atoms. The largest absolute Gasteiger partial charge is 0.372 e. The van der Waals surface area contributed by atoms with Gasteiger partial charge in [-0.3, -0.25) is 4.79 Å². The van der Waals surface area contributed by atoms with Gasteiger partial charge >= 0.3 is 0 Å². The van der Waals surface area contributed by atoms with Gasteiger partial charge in [0.25, 0.3) is 0 Å². The van der Waals surface area contributed by atoms with Crippen molar-refractivity contribution in [2.24, 2.45) is 7.05 Å². The van der Waals surface area contributed by atoms with Crippen molar-refractivity contribution >= 4 is 23.1 Å². The van der Waals surface area contributed by atoms with Crippen molar-refractivity contribution in [2.75, 3.05) is 18.0 Å². The molecule has 144 valence electrons. The van der Waals surface area contributed by atoms with E-state index < -0.39 is 0 Å². The summed E-state index contributed by atoms with van der Waals surface area (Å²) in [5.41, 5.74) is 6.12. The van der Waals surface area contributed by atoms with Crippen LogP contribution in [0.25, 0.3) is 0 Å². The Labute approximate surface area is 171 Å². The first-order valence-electron chi connectivity index (χ1n) is 9.82. The van der Waals surface area contributed by atoms with Gasteiger partial charge in [0.1, 0.15) is 0 Å². The summed E-state index contributed by atoms with van der Waals surface area (Å²) in [4.78, 5) is 15.4. The summed E-state index contributed by atoms with van der Waals surface area (Å²) in [5, 5.41) is 0.637. The van der Waals surface area contributed by atoms with Crippen LogP contribution in [-0.4, -0.2) is 23.4 Å². The highest BCUT2D eigenvalue weighted by Crippen LogP contribution is 2.24. The van der Waals surface area contributed by atoms with E-state index in [1.807, 2.05) is 18.5 Å². The number of benzene rings is 2. The second kappa shape index (κ2) is 7.84. The van der Waals surface area contributed by atoms with Crippen molar-refractivity contribution in [3.05, 3.63) is 87.7 Å². The van der Waals surface area contributed by atoms with Crippen LogP contribution in [0.1, 0.15) is 45.7 Å². The number of hydrogen-bond donors (Lipinski definition) is 0. The number of aromatic nitrogens is 1. The quantitative estimate of drug-likeness (QED) is 0.542. The predicted molar refractivity (Wildman–Crippen MR) is 116 cm³/mol. The minimum Gasteiger partial charge on any atom is -0.372 e. The third-order valence-corrected chi connectivity index (χ3v) is 5.89. The van der Waals surface area contributed by atoms with Crippen LogP contribution < -0.4 is 4.90 Å². The molecule has 1 fully saturated rings. The lowest BCUT2D eigenvalue weighted by Crippen LogP contribution is -2.17. The summed E-state index contributed by atoms with van der Waals surface area (Å²) in [6.07, 6.45) is 3.38. The fourth-order valence-electron chi connectivity index (χ4n) is 4.07. The predicted octanol–water partition coefficient (Wildman–Crippen LogP) is 5.41. The molecule has 0 saturated carbocycles. The van der Waals surface area contributed by atoms with E-state index in [0.717, 1.165) is 36.5 Å². The molecule has 2 heterocycles. The minimum absolute atomic E-state index is 0.0345. The molecule has 0 atom stereocenters. The van der Waals surface area contributed by atoms with Crippen LogP contribution in [0.3, 0.4) is 0 Å². The number of carbonyl (C=O) groups excluding carboxylic acids is 1. The van der Waals surface area contributed by atoms with Crippen molar-refractivity contribution in [1.82, 2.24) is 4.57 Å². The summed E-state index contributed by atoms with van der Waals surface area (Å²) >= 11 is 5.95. The first-order chi connectivity index (χ1) is 13.5. The van der Waals surface area contributed by atoms with Crippen LogP contribution in [0.2, 0.25) is 5.02 Å². The number of halogens is 1. The number of rotatable bonds is 5. The van der Waals surface area contributed by atoms with E-state index in [9.17, 15) is 4.79 Å². The molecule has 28 heavy (non-hydrogen) atoms. The summed E-state index contributed by atoms with van der Waals surface area (Å²) in [7, 11) is 1.98. The average Bonchev–Trinajstić information content (AvgIpc) is 3.31. The van der Waals surface area contributed by atoms with Crippen LogP contribution in [-0.2, 0) is 13.5 Å². The van der Waals surface area contributed by atoms with Crippen LogP contribution in [0, 0.1) is 6.92 Å². The van der Waals surface area contributed by atoms with E-state index in [4.69, 9.17) is 11.6 Å². The maximum absolute atomic E-state index is 13.0. The molecule has 1 aliphatic heterocycles. The van der Waals surface area contributed by atoms with E-state index in [1.54, 1.807) is 24.3 Å². The Kier molecular flexibility index (Phi) is 5.27. The number of anilines is 1. The molecule has 0 radical (unpaired) electrons. The normalized spacial score (nSPS) is 13.9. The Balaban J connectivity index is 1.55. The monoisotopic (exact) mass is 392 g/mol. The molecule has 3 aromatic rings. The molecule has 0 unspecified atom stereocenters. The van der Waals surface area contributed by atoms with Gasteiger partial charge in [-0.25, -0.2) is 0 Å². The summed E-state index contributed by atoms with van der Waals surface area (Å²) < 4.78 is 2.03. The SMILES string of the molecule is Cc1cc(Cc2ccc(N3CCCC3)cc2)n(C)c1C(=O)c1ccc(Cl)cc1. The van der Waals surface area contributed by atoms with Gasteiger partial charge in [-0.1, -0.05) is 23.7 Å². The first-order valence-corrected chi connectivity index (χ1v) is 10.2. The lowest BCUT2D eigenvalue weighted by atomic mass is 10.1. The number of nitrogens with zero attached hydrogens (tertiary/aromatic N) is 2. The van der Waals surface area contributed by atoms with Gasteiger partial charge in [0, 0.05) is 48.5 Å². The Hall–Kier alpha value is -2.52. The van der Waals surface area contributed by atoms with Gasteiger partial charge in [-0.15, -0.1) is 0 Å². The Morgan fingerprint density at radius 1 is 1.00 bits per heavy atom. The first kappa shape index (κ1) is 18.8. The summed E-state index contributed by atoms with van der Waals surface area (Å²) in [6.45, 7) is 4.32. The Bertz CT molecular complexity index is 981. The number of hydrogen-bond acceptors (Lipinski definition) is 2. The third kappa shape index (κ3) is 3.72. The topological polar surface area (TPSA) is 25.2 Å². The fourth-order valence-corrected chi connectivity index (χ4v) is 4.20. The highest BCUT2D eigenvalue weighted by molar-refractivity contribution is 6.30. The average molecular weight is 393 g/mol. The molecular weight excluding hydrogens is 368 g/mol. The molecule has 1 saturated heterocycles. The number of ketones is 1. The lowest BCUT2D eigenvalue weighted by Gasteiger charge is -2.17. The second-order valence-corrected chi connectivity index (χ2v) is 8.04. The molecule has 0 N–H and O–H groups in total. The molecule has 1 aromatic heterocycles. The standard InChI is InChI=1S/C24H25ClN2O/c1-17-15-22(16-18-5-11-21(12-6-18)27-13-3-4-14-27)26(2)23(17)24(28)19-7-9-20(25)10-8-19/h5-12,15H,3-4,13-14,16H2,1-2H3. The maximum atomic E-state index is 13.0. The van der Waals surface area contributed by atoms with Crippen LogP contribution in [0.15, 0.2) is 54.6 Å². The van der Waals surface area contributed by atoms with Gasteiger partial charge in [0.15, 0.2) is 0 Å². The van der Waals surface area contributed by atoms with Crippen LogP contribution >= 0.6 is 11.6 Å². The molecule has 1 aliphatic rings. The van der Waals surface area contributed by atoms with Crippen LogP contribution in [0.4, 0.5) is 5.69 Å². The van der Waals surface area contributed by atoms with Gasteiger partial charge in [-0.2, -0.15) is 0 Å². The van der Waals surface area contributed by atoms with Crippen molar-refractivity contribution < 1.29 is 4.79 Å². The Morgan fingerprint density at radius 2 is 1.64 bits per heavy atom. The van der Waals surface area contributed by atoms with Gasteiger partial charge in [-0.05, 0) is 73.4 Å². The van der Waals surface area contributed by atoms with Gasteiger partial charge in [0.2, 0.25) is 5.78 Å². The zero-order chi connectivity index (χ0) is 19.7. The molecule has 0 amide bonds.